The smallest absolute Gasteiger partial charge is 0.107 e. The highest BCUT2D eigenvalue weighted by Crippen LogP contribution is 2.21. The highest BCUT2D eigenvalue weighted by Gasteiger charge is 2.21. The molecule has 0 bridgehead atoms. The van der Waals surface area contributed by atoms with Gasteiger partial charge in [0, 0.05) is 13.7 Å². The molecule has 0 aromatic rings. The van der Waals surface area contributed by atoms with Crippen LogP contribution in [-0.2, 0) is 4.74 Å². The van der Waals surface area contributed by atoms with Crippen LogP contribution in [0.15, 0.2) is 0 Å². The molecule has 2 unspecified atom stereocenters. The van der Waals surface area contributed by atoms with Gasteiger partial charge in [0.2, 0.25) is 0 Å². The Morgan fingerprint density at radius 3 is 2.45 bits per heavy atom. The number of hydrogen-bond acceptors (Lipinski definition) is 2. The molecule has 1 fully saturated rings. The van der Waals surface area contributed by atoms with Gasteiger partial charge in [0.05, 0.1) is 0 Å². The first-order valence-corrected chi connectivity index (χ1v) is 4.50. The van der Waals surface area contributed by atoms with Gasteiger partial charge in [0.25, 0.3) is 0 Å². The molecule has 1 aliphatic heterocycles. The van der Waals surface area contributed by atoms with E-state index in [1.807, 2.05) is 0 Å². The quantitative estimate of drug-likeness (QED) is 0.657. The van der Waals surface area contributed by atoms with E-state index >= 15 is 0 Å². The summed E-state index contributed by atoms with van der Waals surface area (Å²) in [5.41, 5.74) is 0. The third kappa shape index (κ3) is 2.46. The second kappa shape index (κ2) is 4.07. The fourth-order valence-corrected chi connectivity index (χ4v) is 1.62. The first kappa shape index (κ1) is 9.01. The molecule has 1 rings (SSSR count). The standard InChI is InChI=1S/C9H19NO/c1-7(2)8-4-5-9(11-3)10-6-8/h7-10H,4-6H2,1-3H3. The molecule has 0 amide bonds. The Morgan fingerprint density at radius 2 is 2.09 bits per heavy atom. The van der Waals surface area contributed by atoms with Crippen LogP contribution in [0.25, 0.3) is 0 Å². The largest absolute Gasteiger partial charge is 0.367 e. The van der Waals surface area contributed by atoms with E-state index in [1.54, 1.807) is 7.11 Å². The van der Waals surface area contributed by atoms with Crippen LogP contribution in [-0.4, -0.2) is 19.9 Å². The van der Waals surface area contributed by atoms with Crippen LogP contribution >= 0.6 is 0 Å². The lowest BCUT2D eigenvalue weighted by molar-refractivity contribution is 0.0330. The van der Waals surface area contributed by atoms with E-state index in [0.717, 1.165) is 18.4 Å². The molecule has 1 saturated heterocycles. The predicted molar refractivity (Wildman–Crippen MR) is 46.4 cm³/mol. The summed E-state index contributed by atoms with van der Waals surface area (Å²) in [7, 11) is 1.77. The monoisotopic (exact) mass is 157 g/mol. The van der Waals surface area contributed by atoms with Crippen molar-refractivity contribution in [2.45, 2.75) is 32.9 Å². The molecule has 0 spiro atoms. The molecule has 1 N–H and O–H groups in total. The SMILES string of the molecule is COC1CCC(C(C)C)CN1. The Bertz CT molecular complexity index is 106. The summed E-state index contributed by atoms with van der Waals surface area (Å²) >= 11 is 0. The second-order valence-corrected chi connectivity index (χ2v) is 3.71. The summed E-state index contributed by atoms with van der Waals surface area (Å²) in [6, 6.07) is 0. The first-order valence-electron chi connectivity index (χ1n) is 4.50. The molecule has 66 valence electrons. The molecule has 0 aliphatic carbocycles. The Kier molecular flexibility index (Phi) is 3.34. The normalized spacial score (nSPS) is 32.7. The van der Waals surface area contributed by atoms with Crippen molar-refractivity contribution >= 4 is 0 Å². The molecular formula is C9H19NO. The van der Waals surface area contributed by atoms with Crippen LogP contribution in [0.1, 0.15) is 26.7 Å². The van der Waals surface area contributed by atoms with E-state index in [2.05, 4.69) is 19.2 Å². The van der Waals surface area contributed by atoms with Crippen LogP contribution in [0, 0.1) is 11.8 Å². The van der Waals surface area contributed by atoms with Crippen molar-refractivity contribution in [3.63, 3.8) is 0 Å². The molecule has 0 aromatic heterocycles. The summed E-state index contributed by atoms with van der Waals surface area (Å²) < 4.78 is 5.21. The third-order valence-electron chi connectivity index (χ3n) is 2.63. The maximum atomic E-state index is 5.21. The highest BCUT2D eigenvalue weighted by atomic mass is 16.5. The van der Waals surface area contributed by atoms with Crippen molar-refractivity contribution in [1.29, 1.82) is 0 Å². The maximum absolute atomic E-state index is 5.21. The zero-order valence-corrected chi connectivity index (χ0v) is 7.76. The van der Waals surface area contributed by atoms with Crippen LogP contribution < -0.4 is 5.32 Å². The van der Waals surface area contributed by atoms with E-state index < -0.39 is 0 Å². The van der Waals surface area contributed by atoms with Gasteiger partial charge in [-0.15, -0.1) is 0 Å². The molecule has 0 saturated carbocycles. The van der Waals surface area contributed by atoms with Gasteiger partial charge in [-0.25, -0.2) is 0 Å². The lowest BCUT2D eigenvalue weighted by atomic mass is 9.88. The Morgan fingerprint density at radius 1 is 1.36 bits per heavy atom. The van der Waals surface area contributed by atoms with E-state index in [4.69, 9.17) is 4.74 Å². The zero-order valence-electron chi connectivity index (χ0n) is 7.76. The minimum absolute atomic E-state index is 0.310. The lowest BCUT2D eigenvalue weighted by Crippen LogP contribution is -2.41. The van der Waals surface area contributed by atoms with Crippen LogP contribution in [0.4, 0.5) is 0 Å². The van der Waals surface area contributed by atoms with E-state index in [0.29, 0.717) is 6.23 Å². The molecule has 1 heterocycles. The van der Waals surface area contributed by atoms with Gasteiger partial charge in [0.1, 0.15) is 6.23 Å². The maximum Gasteiger partial charge on any atom is 0.107 e. The fourth-order valence-electron chi connectivity index (χ4n) is 1.62. The van der Waals surface area contributed by atoms with Crippen molar-refractivity contribution < 1.29 is 4.74 Å². The summed E-state index contributed by atoms with van der Waals surface area (Å²) in [6.07, 6.45) is 2.78. The van der Waals surface area contributed by atoms with Crippen molar-refractivity contribution in [2.24, 2.45) is 11.8 Å². The van der Waals surface area contributed by atoms with Crippen molar-refractivity contribution in [3.05, 3.63) is 0 Å². The minimum Gasteiger partial charge on any atom is -0.367 e. The molecule has 11 heavy (non-hydrogen) atoms. The summed E-state index contributed by atoms with van der Waals surface area (Å²) in [6.45, 7) is 5.70. The average molecular weight is 157 g/mol. The number of rotatable bonds is 2. The molecule has 2 heteroatoms. The van der Waals surface area contributed by atoms with Crippen molar-refractivity contribution in [3.8, 4) is 0 Å². The predicted octanol–water partition coefficient (Wildman–Crippen LogP) is 1.61. The zero-order chi connectivity index (χ0) is 8.27. The van der Waals surface area contributed by atoms with Gasteiger partial charge in [-0.1, -0.05) is 13.8 Å². The average Bonchev–Trinajstić information content (AvgIpc) is 2.05. The molecule has 2 atom stereocenters. The second-order valence-electron chi connectivity index (χ2n) is 3.71. The van der Waals surface area contributed by atoms with Crippen LogP contribution in [0.5, 0.6) is 0 Å². The Labute approximate surface area is 69.3 Å². The number of methoxy groups -OCH3 is 1. The summed E-state index contributed by atoms with van der Waals surface area (Å²) in [4.78, 5) is 0. The van der Waals surface area contributed by atoms with Gasteiger partial charge in [-0.3, -0.25) is 5.32 Å². The van der Waals surface area contributed by atoms with Crippen molar-refractivity contribution in [2.75, 3.05) is 13.7 Å². The molecule has 1 aliphatic rings. The first-order chi connectivity index (χ1) is 5.24. The molecule has 0 radical (unpaired) electrons. The Hall–Kier alpha value is -0.0800. The van der Waals surface area contributed by atoms with Crippen LogP contribution in [0.3, 0.4) is 0 Å². The third-order valence-corrected chi connectivity index (χ3v) is 2.63. The van der Waals surface area contributed by atoms with Gasteiger partial charge >= 0.3 is 0 Å². The number of ether oxygens (including phenoxy) is 1. The van der Waals surface area contributed by atoms with Gasteiger partial charge in [-0.05, 0) is 24.7 Å². The van der Waals surface area contributed by atoms with Gasteiger partial charge in [-0.2, -0.15) is 0 Å². The Balaban J connectivity index is 2.24. The molecule has 0 aromatic carbocycles. The molecular weight excluding hydrogens is 138 g/mol. The lowest BCUT2D eigenvalue weighted by Gasteiger charge is -2.31. The molecule has 2 nitrogen and oxygen atoms in total. The van der Waals surface area contributed by atoms with Gasteiger partial charge < -0.3 is 4.74 Å². The van der Waals surface area contributed by atoms with Gasteiger partial charge in [0.15, 0.2) is 0 Å². The highest BCUT2D eigenvalue weighted by molar-refractivity contribution is 4.74. The van der Waals surface area contributed by atoms with E-state index in [1.165, 1.54) is 12.8 Å². The van der Waals surface area contributed by atoms with Crippen LogP contribution in [0.2, 0.25) is 0 Å². The van der Waals surface area contributed by atoms with E-state index in [9.17, 15) is 0 Å². The number of nitrogens with one attached hydrogen (secondary N) is 1. The summed E-state index contributed by atoms with van der Waals surface area (Å²) in [5.74, 6) is 1.65. The number of piperidine rings is 1. The number of hydrogen-bond donors (Lipinski definition) is 1. The minimum atomic E-state index is 0.310. The van der Waals surface area contributed by atoms with E-state index in [-0.39, 0.29) is 0 Å². The fraction of sp³-hybridized carbons (Fsp3) is 1.00. The summed E-state index contributed by atoms with van der Waals surface area (Å²) in [5, 5.41) is 3.38. The van der Waals surface area contributed by atoms with Crippen molar-refractivity contribution in [1.82, 2.24) is 5.32 Å². The topological polar surface area (TPSA) is 21.3 Å².